The Bertz CT molecular complexity index is 484. The van der Waals surface area contributed by atoms with Crippen LogP contribution in [0.1, 0.15) is 51.5 Å². The molecule has 5 heteroatoms. The smallest absolute Gasteiger partial charge is 0.323 e. The highest BCUT2D eigenvalue weighted by Crippen LogP contribution is 2.21. The summed E-state index contributed by atoms with van der Waals surface area (Å²) in [5, 5.41) is 0. The molecule has 1 aromatic rings. The van der Waals surface area contributed by atoms with Crippen molar-refractivity contribution in [3.8, 4) is 5.75 Å². The van der Waals surface area contributed by atoms with E-state index in [1.165, 1.54) is 6.42 Å². The van der Waals surface area contributed by atoms with Crippen LogP contribution in [0, 0.1) is 5.92 Å². The predicted molar refractivity (Wildman–Crippen MR) is 98.7 cm³/mol. The summed E-state index contributed by atoms with van der Waals surface area (Å²) >= 11 is 0. The van der Waals surface area contributed by atoms with E-state index in [0.29, 0.717) is 18.9 Å². The van der Waals surface area contributed by atoms with Crippen molar-refractivity contribution in [2.75, 3.05) is 6.61 Å². The topological polar surface area (TPSA) is 61.5 Å². The Morgan fingerprint density at radius 3 is 2.38 bits per heavy atom. The van der Waals surface area contributed by atoms with Crippen LogP contribution in [0.2, 0.25) is 0 Å². The first-order chi connectivity index (χ1) is 11.0. The minimum atomic E-state index is -0.598. The van der Waals surface area contributed by atoms with Crippen LogP contribution in [0.4, 0.5) is 0 Å². The molecular formula is C19H30ClNO3. The number of rotatable bonds is 7. The van der Waals surface area contributed by atoms with Crippen molar-refractivity contribution < 1.29 is 14.3 Å². The summed E-state index contributed by atoms with van der Waals surface area (Å²) in [6.07, 6.45) is 6.03. The summed E-state index contributed by atoms with van der Waals surface area (Å²) in [5.41, 5.74) is 7.02. The van der Waals surface area contributed by atoms with Gasteiger partial charge in [-0.3, -0.25) is 4.79 Å². The van der Waals surface area contributed by atoms with E-state index in [4.69, 9.17) is 15.2 Å². The third kappa shape index (κ3) is 7.10. The highest BCUT2D eigenvalue weighted by atomic mass is 35.5. The van der Waals surface area contributed by atoms with Gasteiger partial charge in [-0.2, -0.15) is 0 Å². The lowest BCUT2D eigenvalue weighted by Crippen LogP contribution is -2.37. The quantitative estimate of drug-likeness (QED) is 0.754. The zero-order chi connectivity index (χ0) is 16.7. The first-order valence-electron chi connectivity index (χ1n) is 8.72. The van der Waals surface area contributed by atoms with E-state index in [-0.39, 0.29) is 24.5 Å². The van der Waals surface area contributed by atoms with Crippen LogP contribution < -0.4 is 10.5 Å². The van der Waals surface area contributed by atoms with Crippen LogP contribution in [0.5, 0.6) is 5.75 Å². The molecular weight excluding hydrogens is 326 g/mol. The summed E-state index contributed by atoms with van der Waals surface area (Å²) in [7, 11) is 0. The van der Waals surface area contributed by atoms with Crippen LogP contribution in [0.15, 0.2) is 24.3 Å². The molecule has 0 radical (unpaired) electrons. The van der Waals surface area contributed by atoms with E-state index in [1.54, 1.807) is 0 Å². The number of esters is 1. The van der Waals surface area contributed by atoms with Crippen molar-refractivity contribution in [2.45, 2.75) is 64.5 Å². The summed E-state index contributed by atoms with van der Waals surface area (Å²) in [4.78, 5) is 12.1. The number of hydrogen-bond donors (Lipinski definition) is 1. The first-order valence-corrected chi connectivity index (χ1v) is 8.72. The number of benzene rings is 1. The van der Waals surface area contributed by atoms with Crippen LogP contribution in [-0.2, 0) is 16.0 Å². The lowest BCUT2D eigenvalue weighted by molar-refractivity contribution is -0.152. The second kappa shape index (κ2) is 10.6. The Morgan fingerprint density at radius 1 is 1.17 bits per heavy atom. The second-order valence-corrected chi connectivity index (χ2v) is 6.86. The van der Waals surface area contributed by atoms with Gasteiger partial charge in [0.05, 0.1) is 6.61 Å². The van der Waals surface area contributed by atoms with Gasteiger partial charge in [0.15, 0.2) is 0 Å². The zero-order valence-electron chi connectivity index (χ0n) is 14.7. The standard InChI is InChI=1S/C19H29NO3.ClH/c1-14(2)13-22-16-10-8-15(9-11-16)12-18(20)19(21)23-17-6-4-3-5-7-17;/h8-11,14,17-18H,3-7,12-13,20H2,1-2H3;1H/t18-;/m0./s1. The van der Waals surface area contributed by atoms with E-state index in [9.17, 15) is 4.79 Å². The van der Waals surface area contributed by atoms with E-state index < -0.39 is 6.04 Å². The SMILES string of the molecule is CC(C)COc1ccc(C[C@H](N)C(=O)OC2CCCCC2)cc1.Cl. The number of carbonyl (C=O) groups is 1. The molecule has 0 aromatic heterocycles. The average Bonchev–Trinajstić information content (AvgIpc) is 2.55. The molecule has 0 unspecified atom stereocenters. The van der Waals surface area contributed by atoms with Crippen LogP contribution in [-0.4, -0.2) is 24.7 Å². The molecule has 1 fully saturated rings. The maximum absolute atomic E-state index is 12.1. The molecule has 1 aromatic carbocycles. The molecule has 136 valence electrons. The van der Waals surface area contributed by atoms with Gasteiger partial charge in [-0.1, -0.05) is 32.4 Å². The van der Waals surface area contributed by atoms with E-state index >= 15 is 0 Å². The molecule has 1 aliphatic carbocycles. The largest absolute Gasteiger partial charge is 0.493 e. The first kappa shape index (κ1) is 20.8. The average molecular weight is 356 g/mol. The number of nitrogens with two attached hydrogens (primary N) is 1. The number of hydrogen-bond acceptors (Lipinski definition) is 4. The summed E-state index contributed by atoms with van der Waals surface area (Å²) in [5.74, 6) is 1.07. The molecule has 0 saturated heterocycles. The molecule has 0 bridgehead atoms. The fourth-order valence-corrected chi connectivity index (χ4v) is 2.76. The number of ether oxygens (including phenoxy) is 2. The fourth-order valence-electron chi connectivity index (χ4n) is 2.76. The fraction of sp³-hybridized carbons (Fsp3) is 0.632. The lowest BCUT2D eigenvalue weighted by atomic mass is 9.97. The van der Waals surface area contributed by atoms with Gasteiger partial charge in [0.2, 0.25) is 0 Å². The Labute approximate surface area is 151 Å². The van der Waals surface area contributed by atoms with E-state index in [0.717, 1.165) is 37.0 Å². The molecule has 0 spiro atoms. The number of carbonyl (C=O) groups excluding carboxylic acids is 1. The third-order valence-corrected chi connectivity index (χ3v) is 4.10. The summed E-state index contributed by atoms with van der Waals surface area (Å²) in [6, 6.07) is 7.18. The Morgan fingerprint density at radius 2 is 1.79 bits per heavy atom. The molecule has 1 saturated carbocycles. The summed E-state index contributed by atoms with van der Waals surface area (Å²) < 4.78 is 11.2. The van der Waals surface area contributed by atoms with E-state index in [2.05, 4.69) is 13.8 Å². The van der Waals surface area contributed by atoms with Crippen molar-refractivity contribution in [1.82, 2.24) is 0 Å². The minimum absolute atomic E-state index is 0. The van der Waals surface area contributed by atoms with Gasteiger partial charge >= 0.3 is 5.97 Å². The predicted octanol–water partition coefficient (Wildman–Crippen LogP) is 3.89. The molecule has 1 aliphatic rings. The van der Waals surface area contributed by atoms with Crippen molar-refractivity contribution in [3.63, 3.8) is 0 Å². The highest BCUT2D eigenvalue weighted by Gasteiger charge is 2.22. The van der Waals surface area contributed by atoms with Gasteiger partial charge in [0, 0.05) is 0 Å². The zero-order valence-corrected chi connectivity index (χ0v) is 15.5. The summed E-state index contributed by atoms with van der Waals surface area (Å²) in [6.45, 7) is 4.93. The highest BCUT2D eigenvalue weighted by molar-refractivity contribution is 5.85. The third-order valence-electron chi connectivity index (χ3n) is 4.10. The maximum Gasteiger partial charge on any atom is 0.323 e. The van der Waals surface area contributed by atoms with Gasteiger partial charge in [-0.25, -0.2) is 0 Å². The lowest BCUT2D eigenvalue weighted by Gasteiger charge is -2.23. The molecule has 0 aliphatic heterocycles. The van der Waals surface area contributed by atoms with Gasteiger partial charge in [0.1, 0.15) is 17.9 Å². The van der Waals surface area contributed by atoms with Crippen molar-refractivity contribution in [3.05, 3.63) is 29.8 Å². The molecule has 4 nitrogen and oxygen atoms in total. The van der Waals surface area contributed by atoms with Gasteiger partial charge in [-0.15, -0.1) is 12.4 Å². The van der Waals surface area contributed by atoms with Crippen molar-refractivity contribution in [1.29, 1.82) is 0 Å². The second-order valence-electron chi connectivity index (χ2n) is 6.86. The molecule has 0 amide bonds. The van der Waals surface area contributed by atoms with Gasteiger partial charge < -0.3 is 15.2 Å². The van der Waals surface area contributed by atoms with Crippen LogP contribution >= 0.6 is 12.4 Å². The molecule has 1 atom stereocenters. The van der Waals surface area contributed by atoms with Crippen LogP contribution in [0.3, 0.4) is 0 Å². The van der Waals surface area contributed by atoms with Crippen molar-refractivity contribution in [2.24, 2.45) is 11.7 Å². The van der Waals surface area contributed by atoms with Gasteiger partial charge in [0.25, 0.3) is 0 Å². The Kier molecular flexibility index (Phi) is 9.16. The minimum Gasteiger partial charge on any atom is -0.493 e. The normalized spacial score (nSPS) is 16.3. The Hall–Kier alpha value is -1.26. The molecule has 2 rings (SSSR count). The molecule has 0 heterocycles. The molecule has 24 heavy (non-hydrogen) atoms. The van der Waals surface area contributed by atoms with E-state index in [1.807, 2.05) is 24.3 Å². The van der Waals surface area contributed by atoms with Gasteiger partial charge in [-0.05, 0) is 55.7 Å². The monoisotopic (exact) mass is 355 g/mol. The Balaban J connectivity index is 0.00000288. The number of halogens is 1. The van der Waals surface area contributed by atoms with Crippen LogP contribution in [0.25, 0.3) is 0 Å². The molecule has 2 N–H and O–H groups in total. The maximum atomic E-state index is 12.1. The van der Waals surface area contributed by atoms with Crippen molar-refractivity contribution >= 4 is 18.4 Å².